The maximum atomic E-state index is 11.9. The van der Waals surface area contributed by atoms with Crippen LogP contribution in [0.5, 0.6) is 11.5 Å². The van der Waals surface area contributed by atoms with Crippen LogP contribution in [-0.2, 0) is 0 Å². The lowest BCUT2D eigenvalue weighted by atomic mass is 10.1. The number of nitrogens with one attached hydrogen (secondary N) is 2. The second-order valence-electron chi connectivity index (χ2n) is 6.33. The first-order valence-electron chi connectivity index (χ1n) is 9.46. The number of aromatic nitrogens is 2. The average Bonchev–Trinajstić information content (AvgIpc) is 2.75. The van der Waals surface area contributed by atoms with Crippen LogP contribution in [0.2, 0.25) is 0 Å². The van der Waals surface area contributed by atoms with E-state index in [1.54, 1.807) is 13.3 Å². The molecule has 0 bridgehead atoms. The first kappa shape index (κ1) is 20.1. The molecule has 2 aromatic carbocycles. The molecule has 0 radical (unpaired) electrons. The van der Waals surface area contributed by atoms with Crippen molar-refractivity contribution in [3.05, 3.63) is 70.5 Å². The number of aromatic amines is 1. The Morgan fingerprint density at radius 3 is 2.72 bits per heavy atom. The summed E-state index contributed by atoms with van der Waals surface area (Å²) in [6.07, 6.45) is 3.68. The van der Waals surface area contributed by atoms with E-state index in [0.717, 1.165) is 24.0 Å². The molecule has 1 heterocycles. The smallest absolute Gasteiger partial charge is 0.252 e. The molecule has 0 atom stereocenters. The third-order valence-electron chi connectivity index (χ3n) is 4.14. The fraction of sp³-hybridized carbons (Fsp3) is 0.227. The minimum absolute atomic E-state index is 0.258. The van der Waals surface area contributed by atoms with Crippen molar-refractivity contribution >= 4 is 12.2 Å². The van der Waals surface area contributed by atoms with E-state index in [4.69, 9.17) is 9.47 Å². The predicted molar refractivity (Wildman–Crippen MR) is 115 cm³/mol. The Kier molecular flexibility index (Phi) is 7.00. The van der Waals surface area contributed by atoms with Crippen molar-refractivity contribution in [2.24, 2.45) is 5.10 Å². The Bertz CT molecular complexity index is 1020. The molecular formula is C22H24N4O3. The summed E-state index contributed by atoms with van der Waals surface area (Å²) < 4.78 is 11.1. The summed E-state index contributed by atoms with van der Waals surface area (Å²) in [7, 11) is 1.60. The maximum Gasteiger partial charge on any atom is 0.252 e. The van der Waals surface area contributed by atoms with Gasteiger partial charge in [0.1, 0.15) is 0 Å². The van der Waals surface area contributed by atoms with Gasteiger partial charge in [0.15, 0.2) is 11.5 Å². The van der Waals surface area contributed by atoms with Crippen LogP contribution in [0.4, 0.5) is 5.95 Å². The molecular weight excluding hydrogens is 368 g/mol. The zero-order valence-electron chi connectivity index (χ0n) is 16.5. The third-order valence-corrected chi connectivity index (χ3v) is 4.14. The topological polar surface area (TPSA) is 88.6 Å². The van der Waals surface area contributed by atoms with Gasteiger partial charge in [-0.2, -0.15) is 5.10 Å². The van der Waals surface area contributed by atoms with Crippen molar-refractivity contribution in [3.63, 3.8) is 0 Å². The Hall–Kier alpha value is -3.61. The van der Waals surface area contributed by atoms with E-state index in [0.29, 0.717) is 23.8 Å². The largest absolute Gasteiger partial charge is 0.493 e. The lowest BCUT2D eigenvalue weighted by Crippen LogP contribution is -2.10. The van der Waals surface area contributed by atoms with Gasteiger partial charge < -0.3 is 9.47 Å². The first-order chi connectivity index (χ1) is 14.2. The fourth-order valence-electron chi connectivity index (χ4n) is 2.65. The second kappa shape index (κ2) is 10.1. The van der Waals surface area contributed by atoms with Crippen molar-refractivity contribution in [2.45, 2.75) is 19.8 Å². The number of unbranched alkanes of at least 4 members (excludes halogenated alkanes) is 1. The van der Waals surface area contributed by atoms with Crippen LogP contribution in [0, 0.1) is 0 Å². The minimum Gasteiger partial charge on any atom is -0.493 e. The molecule has 3 aromatic rings. The third kappa shape index (κ3) is 5.68. The Morgan fingerprint density at radius 2 is 1.97 bits per heavy atom. The lowest BCUT2D eigenvalue weighted by molar-refractivity contribution is 0.288. The highest BCUT2D eigenvalue weighted by Crippen LogP contribution is 2.27. The zero-order chi connectivity index (χ0) is 20.5. The van der Waals surface area contributed by atoms with E-state index in [1.807, 2.05) is 48.5 Å². The Balaban J connectivity index is 1.71. The van der Waals surface area contributed by atoms with Crippen molar-refractivity contribution in [1.82, 2.24) is 9.97 Å². The van der Waals surface area contributed by atoms with Crippen molar-refractivity contribution in [3.8, 4) is 22.8 Å². The molecule has 0 saturated heterocycles. The average molecular weight is 392 g/mol. The van der Waals surface area contributed by atoms with Gasteiger partial charge in [0.05, 0.1) is 25.6 Å². The summed E-state index contributed by atoms with van der Waals surface area (Å²) in [5.41, 5.74) is 4.76. The quantitative estimate of drug-likeness (QED) is 0.326. The van der Waals surface area contributed by atoms with Gasteiger partial charge >= 0.3 is 0 Å². The van der Waals surface area contributed by atoms with Crippen LogP contribution in [0.15, 0.2) is 64.5 Å². The number of hydrogen-bond donors (Lipinski definition) is 2. The monoisotopic (exact) mass is 392 g/mol. The van der Waals surface area contributed by atoms with Crippen LogP contribution < -0.4 is 20.5 Å². The number of hydrogen-bond acceptors (Lipinski definition) is 6. The summed E-state index contributed by atoms with van der Waals surface area (Å²) in [5, 5.41) is 4.16. The molecule has 0 aliphatic heterocycles. The van der Waals surface area contributed by atoms with Crippen LogP contribution in [0.1, 0.15) is 25.3 Å². The number of anilines is 1. The summed E-state index contributed by atoms with van der Waals surface area (Å²) >= 11 is 0. The molecule has 29 heavy (non-hydrogen) atoms. The SMILES string of the molecule is CCCCOc1ccc(/C=N/Nc2nc(-c3ccccc3)cc(=O)[nH]2)cc1OC. The summed E-state index contributed by atoms with van der Waals surface area (Å²) in [5.74, 6) is 1.61. The van der Waals surface area contributed by atoms with Crippen LogP contribution in [0.25, 0.3) is 11.3 Å². The van der Waals surface area contributed by atoms with Crippen LogP contribution in [0.3, 0.4) is 0 Å². The highest BCUT2D eigenvalue weighted by Gasteiger charge is 2.05. The van der Waals surface area contributed by atoms with Gasteiger partial charge in [-0.05, 0) is 30.2 Å². The van der Waals surface area contributed by atoms with E-state index in [1.165, 1.54) is 6.07 Å². The molecule has 0 unspecified atom stereocenters. The highest BCUT2D eigenvalue weighted by molar-refractivity contribution is 5.81. The molecule has 7 heteroatoms. The van der Waals surface area contributed by atoms with E-state index in [2.05, 4.69) is 27.4 Å². The standard InChI is InChI=1S/C22H24N4O3/c1-3-4-12-29-19-11-10-16(13-20(19)28-2)15-23-26-22-24-18(14-21(27)25-22)17-8-6-5-7-9-17/h5-11,13-15H,3-4,12H2,1-2H3,(H2,24,25,26,27)/b23-15+. The molecule has 0 fully saturated rings. The molecule has 0 spiro atoms. The number of rotatable bonds is 9. The number of benzene rings is 2. The number of nitrogens with zero attached hydrogens (tertiary/aromatic N) is 2. The van der Waals surface area contributed by atoms with Crippen LogP contribution in [-0.4, -0.2) is 29.9 Å². The minimum atomic E-state index is -0.258. The number of hydrazone groups is 1. The van der Waals surface area contributed by atoms with Crippen molar-refractivity contribution in [1.29, 1.82) is 0 Å². The lowest BCUT2D eigenvalue weighted by Gasteiger charge is -2.10. The molecule has 0 aliphatic rings. The first-order valence-corrected chi connectivity index (χ1v) is 9.46. The van der Waals surface area contributed by atoms with Crippen LogP contribution >= 0.6 is 0 Å². The second-order valence-corrected chi connectivity index (χ2v) is 6.33. The van der Waals surface area contributed by atoms with E-state index in [-0.39, 0.29) is 11.5 Å². The van der Waals surface area contributed by atoms with Crippen molar-refractivity contribution < 1.29 is 9.47 Å². The number of H-pyrrole nitrogens is 1. The van der Waals surface area contributed by atoms with E-state index >= 15 is 0 Å². The van der Waals surface area contributed by atoms with E-state index in [9.17, 15) is 4.79 Å². The van der Waals surface area contributed by atoms with Gasteiger partial charge in [-0.3, -0.25) is 9.78 Å². The number of ether oxygens (including phenoxy) is 2. The predicted octanol–water partition coefficient (Wildman–Crippen LogP) is 4.07. The van der Waals surface area contributed by atoms with Gasteiger partial charge in [0.25, 0.3) is 5.56 Å². The molecule has 0 aliphatic carbocycles. The Labute approximate surface area is 169 Å². The molecule has 3 rings (SSSR count). The van der Waals surface area contributed by atoms with Gasteiger partial charge in [-0.1, -0.05) is 43.7 Å². The fourth-order valence-corrected chi connectivity index (χ4v) is 2.65. The number of methoxy groups -OCH3 is 1. The zero-order valence-corrected chi connectivity index (χ0v) is 16.5. The Morgan fingerprint density at radius 1 is 1.14 bits per heavy atom. The van der Waals surface area contributed by atoms with Gasteiger partial charge in [-0.15, -0.1) is 0 Å². The molecule has 0 amide bonds. The van der Waals surface area contributed by atoms with Gasteiger partial charge in [0.2, 0.25) is 5.95 Å². The summed E-state index contributed by atoms with van der Waals surface area (Å²) in [4.78, 5) is 19.0. The maximum absolute atomic E-state index is 11.9. The van der Waals surface area contributed by atoms with Gasteiger partial charge in [0, 0.05) is 11.6 Å². The van der Waals surface area contributed by atoms with E-state index < -0.39 is 0 Å². The molecule has 2 N–H and O–H groups in total. The molecule has 0 saturated carbocycles. The van der Waals surface area contributed by atoms with Crippen molar-refractivity contribution in [2.75, 3.05) is 19.1 Å². The molecule has 150 valence electrons. The summed E-state index contributed by atoms with van der Waals surface area (Å²) in [6, 6.07) is 16.5. The normalized spacial score (nSPS) is 10.8. The molecule has 1 aromatic heterocycles. The molecule has 7 nitrogen and oxygen atoms in total. The van der Waals surface area contributed by atoms with Gasteiger partial charge in [-0.25, -0.2) is 10.4 Å². The summed E-state index contributed by atoms with van der Waals surface area (Å²) in [6.45, 7) is 2.77. The highest BCUT2D eigenvalue weighted by atomic mass is 16.5.